The van der Waals surface area contributed by atoms with E-state index in [1.165, 1.54) is 38.6 Å². The van der Waals surface area contributed by atoms with Crippen molar-refractivity contribution < 1.29 is 0 Å². The second-order valence-corrected chi connectivity index (χ2v) is 7.33. The number of nitrogens with one attached hydrogen (secondary N) is 1. The zero-order valence-corrected chi connectivity index (χ0v) is 13.5. The Morgan fingerprint density at radius 2 is 1.95 bits per heavy atom. The summed E-state index contributed by atoms with van der Waals surface area (Å²) in [4.78, 5) is 2.54. The maximum absolute atomic E-state index is 9.56. The lowest BCUT2D eigenvalue weighted by Crippen LogP contribution is -2.47. The predicted molar refractivity (Wildman–Crippen MR) is 83.5 cm³/mol. The molecule has 2 atom stereocenters. The molecule has 0 spiro atoms. The van der Waals surface area contributed by atoms with E-state index in [2.05, 4.69) is 37.2 Å². The minimum absolute atomic E-state index is 0.278. The molecule has 0 aromatic carbocycles. The molecule has 0 bridgehead atoms. The first-order chi connectivity index (χ1) is 9.54. The minimum atomic E-state index is -0.278. The summed E-state index contributed by atoms with van der Waals surface area (Å²) in [5.41, 5.74) is -0.278. The Morgan fingerprint density at radius 1 is 1.25 bits per heavy atom. The highest BCUT2D eigenvalue weighted by atomic mass is 15.2. The molecule has 0 aliphatic heterocycles. The van der Waals surface area contributed by atoms with Gasteiger partial charge < -0.3 is 4.90 Å². The third-order valence-corrected chi connectivity index (χ3v) is 5.16. The summed E-state index contributed by atoms with van der Waals surface area (Å²) in [5, 5.41) is 13.1. The lowest BCUT2D eigenvalue weighted by Gasteiger charge is -2.32. The summed E-state index contributed by atoms with van der Waals surface area (Å²) >= 11 is 0. The van der Waals surface area contributed by atoms with Crippen LogP contribution in [0.25, 0.3) is 0 Å². The molecule has 2 aliphatic rings. The lowest BCUT2D eigenvalue weighted by atomic mass is 9.88. The Morgan fingerprint density at radius 3 is 2.55 bits per heavy atom. The van der Waals surface area contributed by atoms with E-state index < -0.39 is 0 Å². The highest BCUT2D eigenvalue weighted by Crippen LogP contribution is 2.34. The third kappa shape index (κ3) is 3.96. The first-order valence-corrected chi connectivity index (χ1v) is 8.44. The number of nitriles is 1. The van der Waals surface area contributed by atoms with Gasteiger partial charge >= 0.3 is 0 Å². The van der Waals surface area contributed by atoms with Crippen LogP contribution >= 0.6 is 0 Å². The van der Waals surface area contributed by atoms with Gasteiger partial charge in [0.2, 0.25) is 0 Å². The van der Waals surface area contributed by atoms with Crippen LogP contribution in [0.4, 0.5) is 0 Å². The molecule has 0 aromatic heterocycles. The summed E-state index contributed by atoms with van der Waals surface area (Å²) in [5.74, 6) is 0.892. The molecule has 3 nitrogen and oxygen atoms in total. The average Bonchev–Trinajstić information content (AvgIpc) is 2.84. The molecule has 0 heterocycles. The van der Waals surface area contributed by atoms with E-state index in [9.17, 15) is 5.26 Å². The van der Waals surface area contributed by atoms with Crippen LogP contribution in [0.3, 0.4) is 0 Å². The molecule has 3 heteroatoms. The van der Waals surface area contributed by atoms with Crippen molar-refractivity contribution >= 4 is 0 Å². The van der Waals surface area contributed by atoms with Gasteiger partial charge in [0.05, 0.1) is 6.07 Å². The molecule has 1 N–H and O–H groups in total. The summed E-state index contributed by atoms with van der Waals surface area (Å²) < 4.78 is 0. The van der Waals surface area contributed by atoms with Gasteiger partial charge in [-0.1, -0.05) is 19.3 Å². The fraction of sp³-hybridized carbons (Fsp3) is 0.941. The molecule has 20 heavy (non-hydrogen) atoms. The highest BCUT2D eigenvalue weighted by molar-refractivity contribution is 5.13. The third-order valence-electron chi connectivity index (χ3n) is 5.16. The van der Waals surface area contributed by atoms with E-state index in [0.29, 0.717) is 12.1 Å². The largest absolute Gasteiger partial charge is 0.303 e. The monoisotopic (exact) mass is 277 g/mol. The molecule has 2 rings (SSSR count). The van der Waals surface area contributed by atoms with Crippen LogP contribution in [0, 0.1) is 17.2 Å². The van der Waals surface area contributed by atoms with Crippen molar-refractivity contribution in [1.29, 1.82) is 5.26 Å². The second kappa shape index (κ2) is 6.91. The number of rotatable bonds is 5. The summed E-state index contributed by atoms with van der Waals surface area (Å²) in [6.45, 7) is 5.50. The molecular formula is C17H31N3. The molecule has 2 saturated carbocycles. The van der Waals surface area contributed by atoms with Crippen LogP contribution in [-0.2, 0) is 0 Å². The smallest absolute Gasteiger partial charge is 0.108 e. The Kier molecular flexibility index (Phi) is 5.46. The zero-order chi connectivity index (χ0) is 14.6. The SMILES string of the molecule is CC(C)NC1(C#N)CCC(N(C)CC2CCCCC2)C1. The molecule has 2 unspecified atom stereocenters. The second-order valence-electron chi connectivity index (χ2n) is 7.33. The van der Waals surface area contributed by atoms with E-state index >= 15 is 0 Å². The van der Waals surface area contributed by atoms with E-state index in [-0.39, 0.29) is 5.54 Å². The topological polar surface area (TPSA) is 39.1 Å². The van der Waals surface area contributed by atoms with Gasteiger partial charge in [-0.25, -0.2) is 0 Å². The van der Waals surface area contributed by atoms with Crippen molar-refractivity contribution in [1.82, 2.24) is 10.2 Å². The molecular weight excluding hydrogens is 246 g/mol. The van der Waals surface area contributed by atoms with Crippen LogP contribution in [0.1, 0.15) is 65.2 Å². The van der Waals surface area contributed by atoms with E-state index in [0.717, 1.165) is 25.2 Å². The minimum Gasteiger partial charge on any atom is -0.303 e. The number of hydrogen-bond donors (Lipinski definition) is 1. The van der Waals surface area contributed by atoms with Gasteiger partial charge in [0.1, 0.15) is 5.54 Å². The summed E-state index contributed by atoms with van der Waals surface area (Å²) in [6, 6.07) is 3.53. The standard InChI is InChI=1S/C17H31N3/c1-14(2)19-17(13-18)10-9-16(11-17)20(3)12-15-7-5-4-6-8-15/h14-16,19H,4-12H2,1-3H3. The maximum atomic E-state index is 9.56. The highest BCUT2D eigenvalue weighted by Gasteiger charge is 2.41. The zero-order valence-electron chi connectivity index (χ0n) is 13.5. The normalized spacial score (nSPS) is 31.9. The van der Waals surface area contributed by atoms with Crippen molar-refractivity contribution in [2.75, 3.05) is 13.6 Å². The van der Waals surface area contributed by atoms with Crippen LogP contribution in [0.2, 0.25) is 0 Å². The maximum Gasteiger partial charge on any atom is 0.108 e. The van der Waals surface area contributed by atoms with Crippen molar-refractivity contribution in [2.24, 2.45) is 5.92 Å². The Balaban J connectivity index is 1.86. The van der Waals surface area contributed by atoms with Crippen molar-refractivity contribution in [3.63, 3.8) is 0 Å². The summed E-state index contributed by atoms with van der Waals surface area (Å²) in [7, 11) is 2.27. The Bertz CT molecular complexity index is 341. The molecule has 0 radical (unpaired) electrons. The van der Waals surface area contributed by atoms with Gasteiger partial charge in [-0.05, 0) is 58.9 Å². The molecule has 0 amide bonds. The van der Waals surface area contributed by atoms with Gasteiger partial charge in [0, 0.05) is 18.6 Å². The van der Waals surface area contributed by atoms with Gasteiger partial charge in [0.25, 0.3) is 0 Å². The van der Waals surface area contributed by atoms with Gasteiger partial charge in [0.15, 0.2) is 0 Å². The van der Waals surface area contributed by atoms with Gasteiger partial charge in [-0.3, -0.25) is 5.32 Å². The lowest BCUT2D eigenvalue weighted by molar-refractivity contribution is 0.178. The summed E-state index contributed by atoms with van der Waals surface area (Å²) in [6.07, 6.45) is 10.2. The quantitative estimate of drug-likeness (QED) is 0.838. The van der Waals surface area contributed by atoms with Gasteiger partial charge in [-0.2, -0.15) is 5.26 Å². The first kappa shape index (κ1) is 15.8. The van der Waals surface area contributed by atoms with Gasteiger partial charge in [-0.15, -0.1) is 0 Å². The fourth-order valence-electron chi connectivity index (χ4n) is 4.14. The molecule has 0 aromatic rings. The fourth-order valence-corrected chi connectivity index (χ4v) is 4.14. The van der Waals surface area contributed by atoms with Crippen LogP contribution in [-0.4, -0.2) is 36.1 Å². The van der Waals surface area contributed by atoms with E-state index in [1.807, 2.05) is 0 Å². The van der Waals surface area contributed by atoms with E-state index in [4.69, 9.17) is 0 Å². The molecule has 2 fully saturated rings. The van der Waals surface area contributed by atoms with Crippen LogP contribution in [0.5, 0.6) is 0 Å². The van der Waals surface area contributed by atoms with Crippen LogP contribution < -0.4 is 5.32 Å². The molecule has 114 valence electrons. The van der Waals surface area contributed by atoms with Crippen LogP contribution in [0.15, 0.2) is 0 Å². The number of nitrogens with zero attached hydrogens (tertiary/aromatic N) is 2. The van der Waals surface area contributed by atoms with Crippen molar-refractivity contribution in [3.8, 4) is 6.07 Å². The Labute approximate surface area is 124 Å². The molecule has 0 saturated heterocycles. The van der Waals surface area contributed by atoms with Crippen molar-refractivity contribution in [2.45, 2.75) is 82.8 Å². The first-order valence-electron chi connectivity index (χ1n) is 8.44. The van der Waals surface area contributed by atoms with E-state index in [1.54, 1.807) is 0 Å². The Hall–Kier alpha value is -0.590. The average molecular weight is 277 g/mol. The molecule has 2 aliphatic carbocycles. The predicted octanol–water partition coefficient (Wildman–Crippen LogP) is 3.31. The number of hydrogen-bond acceptors (Lipinski definition) is 3. The van der Waals surface area contributed by atoms with Crippen molar-refractivity contribution in [3.05, 3.63) is 0 Å².